The molecule has 0 heterocycles. The van der Waals surface area contributed by atoms with Gasteiger partial charge in [-0.1, -0.05) is 0 Å². The van der Waals surface area contributed by atoms with E-state index in [0.29, 0.717) is 12.6 Å². The molecule has 2 rings (SSSR count). The van der Waals surface area contributed by atoms with E-state index in [9.17, 15) is 0 Å². The largest absolute Gasteiger partial charge is 0.493 e. The van der Waals surface area contributed by atoms with Gasteiger partial charge in [-0.15, -0.1) is 0 Å². The Morgan fingerprint density at radius 3 is 2.69 bits per heavy atom. The quantitative estimate of drug-likeness (QED) is 0.829. The average Bonchev–Trinajstić information content (AvgIpc) is 2.24. The van der Waals surface area contributed by atoms with Gasteiger partial charge in [0.1, 0.15) is 0 Å². The van der Waals surface area contributed by atoms with Crippen molar-refractivity contribution < 1.29 is 9.47 Å². The van der Waals surface area contributed by atoms with Crippen molar-refractivity contribution in [1.82, 2.24) is 0 Å². The Balaban J connectivity index is 2.09. The molecule has 1 aliphatic rings. The highest BCUT2D eigenvalue weighted by molar-refractivity contribution is 5.55. The molecule has 88 valence electrons. The molecule has 1 aliphatic carbocycles. The highest BCUT2D eigenvalue weighted by Gasteiger charge is 2.17. The van der Waals surface area contributed by atoms with Crippen LogP contribution in [0.2, 0.25) is 0 Å². The molecule has 0 atom stereocenters. The Hall–Kier alpha value is -1.38. The molecule has 1 aromatic rings. The second-order valence-corrected chi connectivity index (χ2v) is 4.07. The molecule has 0 bridgehead atoms. The number of ether oxygens (including phenoxy) is 2. The highest BCUT2D eigenvalue weighted by atomic mass is 16.5. The van der Waals surface area contributed by atoms with Crippen LogP contribution in [-0.4, -0.2) is 19.8 Å². The third-order valence-electron chi connectivity index (χ3n) is 2.94. The molecule has 1 N–H and O–H groups in total. The van der Waals surface area contributed by atoms with Crippen LogP contribution in [0.15, 0.2) is 18.2 Å². The van der Waals surface area contributed by atoms with Gasteiger partial charge in [0, 0.05) is 17.8 Å². The van der Waals surface area contributed by atoms with E-state index in [-0.39, 0.29) is 0 Å². The van der Waals surface area contributed by atoms with Crippen molar-refractivity contribution in [3.8, 4) is 11.5 Å². The molecule has 3 heteroatoms. The molecule has 1 fully saturated rings. The maximum atomic E-state index is 5.54. The van der Waals surface area contributed by atoms with Crippen LogP contribution in [0.4, 0.5) is 5.69 Å². The molecular formula is C13H19NO2. The third kappa shape index (κ3) is 2.40. The zero-order valence-corrected chi connectivity index (χ0v) is 9.95. The van der Waals surface area contributed by atoms with Crippen LogP contribution in [0, 0.1) is 0 Å². The third-order valence-corrected chi connectivity index (χ3v) is 2.94. The van der Waals surface area contributed by atoms with Gasteiger partial charge in [-0.2, -0.15) is 0 Å². The summed E-state index contributed by atoms with van der Waals surface area (Å²) in [5.41, 5.74) is 1.12. The molecule has 3 nitrogen and oxygen atoms in total. The number of benzene rings is 1. The first-order valence-corrected chi connectivity index (χ1v) is 5.91. The fourth-order valence-electron chi connectivity index (χ4n) is 1.82. The lowest BCUT2D eigenvalue weighted by Crippen LogP contribution is -2.26. The number of rotatable bonds is 5. The van der Waals surface area contributed by atoms with E-state index in [4.69, 9.17) is 9.47 Å². The predicted molar refractivity (Wildman–Crippen MR) is 65.4 cm³/mol. The number of anilines is 1. The molecule has 16 heavy (non-hydrogen) atoms. The van der Waals surface area contributed by atoms with E-state index in [2.05, 4.69) is 5.32 Å². The van der Waals surface area contributed by atoms with E-state index in [1.807, 2.05) is 25.1 Å². The minimum atomic E-state index is 0.642. The van der Waals surface area contributed by atoms with Crippen LogP contribution >= 0.6 is 0 Å². The summed E-state index contributed by atoms with van der Waals surface area (Å²) >= 11 is 0. The first-order valence-electron chi connectivity index (χ1n) is 5.91. The second kappa shape index (κ2) is 5.10. The summed E-state index contributed by atoms with van der Waals surface area (Å²) in [6, 6.07) is 6.65. The summed E-state index contributed by atoms with van der Waals surface area (Å²) in [7, 11) is 1.66. The van der Waals surface area contributed by atoms with E-state index in [1.54, 1.807) is 7.11 Å². The molecule has 1 aromatic carbocycles. The van der Waals surface area contributed by atoms with Crippen molar-refractivity contribution in [2.24, 2.45) is 0 Å². The lowest BCUT2D eigenvalue weighted by molar-refractivity contribution is 0.311. The van der Waals surface area contributed by atoms with Crippen LogP contribution in [0.25, 0.3) is 0 Å². The molecule has 0 saturated heterocycles. The van der Waals surface area contributed by atoms with Crippen molar-refractivity contribution >= 4 is 5.69 Å². The van der Waals surface area contributed by atoms with Crippen LogP contribution < -0.4 is 14.8 Å². The smallest absolute Gasteiger partial charge is 0.163 e. The van der Waals surface area contributed by atoms with Gasteiger partial charge in [-0.3, -0.25) is 0 Å². The Kier molecular flexibility index (Phi) is 3.54. The summed E-state index contributed by atoms with van der Waals surface area (Å²) < 4.78 is 10.8. The van der Waals surface area contributed by atoms with Gasteiger partial charge in [0.2, 0.25) is 0 Å². The van der Waals surface area contributed by atoms with Crippen molar-refractivity contribution in [3.05, 3.63) is 18.2 Å². The number of hydrogen-bond acceptors (Lipinski definition) is 3. The summed E-state index contributed by atoms with van der Waals surface area (Å²) in [4.78, 5) is 0. The van der Waals surface area contributed by atoms with E-state index < -0.39 is 0 Å². The Bertz CT molecular complexity index is 348. The molecular weight excluding hydrogens is 202 g/mol. The summed E-state index contributed by atoms with van der Waals surface area (Å²) in [5.74, 6) is 1.61. The van der Waals surface area contributed by atoms with Crippen molar-refractivity contribution in [2.75, 3.05) is 19.0 Å². The van der Waals surface area contributed by atoms with E-state index in [0.717, 1.165) is 17.2 Å². The van der Waals surface area contributed by atoms with Crippen LogP contribution in [0.1, 0.15) is 26.2 Å². The lowest BCUT2D eigenvalue weighted by atomic mass is 9.93. The first-order chi connectivity index (χ1) is 7.83. The van der Waals surface area contributed by atoms with Gasteiger partial charge in [0.25, 0.3) is 0 Å². The van der Waals surface area contributed by atoms with Crippen molar-refractivity contribution in [3.63, 3.8) is 0 Å². The van der Waals surface area contributed by atoms with Gasteiger partial charge < -0.3 is 14.8 Å². The Labute approximate surface area is 96.8 Å². The standard InChI is InChI=1S/C13H19NO2/c1-3-16-13-9-11(7-8-12(13)15-2)14-10-5-4-6-10/h7-10,14H,3-6H2,1-2H3. The maximum Gasteiger partial charge on any atom is 0.163 e. The molecule has 0 unspecified atom stereocenters. The summed E-state index contributed by atoms with van der Waals surface area (Å²) in [5, 5.41) is 3.49. The topological polar surface area (TPSA) is 30.5 Å². The SMILES string of the molecule is CCOc1cc(NC2CCC2)ccc1OC. The van der Waals surface area contributed by atoms with E-state index in [1.165, 1.54) is 19.3 Å². The van der Waals surface area contributed by atoms with Gasteiger partial charge >= 0.3 is 0 Å². The number of methoxy groups -OCH3 is 1. The van der Waals surface area contributed by atoms with Crippen molar-refractivity contribution in [2.45, 2.75) is 32.2 Å². The van der Waals surface area contributed by atoms with Crippen LogP contribution in [0.3, 0.4) is 0 Å². The molecule has 0 radical (unpaired) electrons. The minimum absolute atomic E-state index is 0.642. The molecule has 0 amide bonds. The molecule has 1 saturated carbocycles. The zero-order valence-electron chi connectivity index (χ0n) is 9.95. The first kappa shape index (κ1) is 11.1. The summed E-state index contributed by atoms with van der Waals surface area (Å²) in [6.07, 6.45) is 3.89. The Morgan fingerprint density at radius 1 is 1.31 bits per heavy atom. The van der Waals surface area contributed by atoms with Crippen molar-refractivity contribution in [1.29, 1.82) is 0 Å². The normalized spacial score (nSPS) is 15.4. The number of hydrogen-bond donors (Lipinski definition) is 1. The van der Waals surface area contributed by atoms with Gasteiger partial charge in [0.05, 0.1) is 13.7 Å². The van der Waals surface area contributed by atoms with E-state index >= 15 is 0 Å². The molecule has 0 aliphatic heterocycles. The highest BCUT2D eigenvalue weighted by Crippen LogP contribution is 2.32. The fourth-order valence-corrected chi connectivity index (χ4v) is 1.82. The number of nitrogens with one attached hydrogen (secondary N) is 1. The van der Waals surface area contributed by atoms with Crippen LogP contribution in [-0.2, 0) is 0 Å². The minimum Gasteiger partial charge on any atom is -0.493 e. The average molecular weight is 221 g/mol. The lowest BCUT2D eigenvalue weighted by Gasteiger charge is -2.27. The Morgan fingerprint density at radius 2 is 2.12 bits per heavy atom. The fraction of sp³-hybridized carbons (Fsp3) is 0.538. The monoisotopic (exact) mass is 221 g/mol. The van der Waals surface area contributed by atoms with Crippen LogP contribution in [0.5, 0.6) is 11.5 Å². The maximum absolute atomic E-state index is 5.54. The second-order valence-electron chi connectivity index (χ2n) is 4.07. The molecule has 0 aromatic heterocycles. The molecule has 0 spiro atoms. The van der Waals surface area contributed by atoms with Gasteiger partial charge in [0.15, 0.2) is 11.5 Å². The zero-order chi connectivity index (χ0) is 11.4. The van der Waals surface area contributed by atoms with Gasteiger partial charge in [-0.05, 0) is 38.3 Å². The summed E-state index contributed by atoms with van der Waals surface area (Å²) in [6.45, 7) is 2.63. The van der Waals surface area contributed by atoms with Gasteiger partial charge in [-0.25, -0.2) is 0 Å². The predicted octanol–water partition coefficient (Wildman–Crippen LogP) is 3.06.